The molecule has 1 aliphatic heterocycles. The van der Waals surface area contributed by atoms with Crippen molar-refractivity contribution >= 4 is 17.2 Å². The standard InChI is InChI=1S/C27H40N2O4S/c1-5-12-28(15-22(30)18-32-17-20(2)3)16-27(31)29-13-10-26-24(11-14-34-26)25(29)19-33-23-8-6-21(4)7-9-23/h6-9,11,14,20,22,25,30H,5,10,12-13,15-19H2,1-4H3/t22-,25+/m0/s1. The van der Waals surface area contributed by atoms with Crippen LogP contribution in [-0.2, 0) is 16.0 Å². The van der Waals surface area contributed by atoms with Gasteiger partial charge in [-0.15, -0.1) is 11.3 Å². The van der Waals surface area contributed by atoms with Crippen molar-refractivity contribution in [2.24, 2.45) is 5.92 Å². The first-order chi connectivity index (χ1) is 16.4. The summed E-state index contributed by atoms with van der Waals surface area (Å²) in [5, 5.41) is 12.6. The lowest BCUT2D eigenvalue weighted by Gasteiger charge is -2.37. The second-order valence-corrected chi connectivity index (χ2v) is 10.6. The molecule has 2 aromatic rings. The molecule has 34 heavy (non-hydrogen) atoms. The van der Waals surface area contributed by atoms with E-state index in [9.17, 15) is 9.90 Å². The lowest BCUT2D eigenvalue weighted by Crippen LogP contribution is -2.48. The molecule has 0 saturated carbocycles. The van der Waals surface area contributed by atoms with Crippen molar-refractivity contribution in [3.63, 3.8) is 0 Å². The molecule has 6 nitrogen and oxygen atoms in total. The molecule has 2 atom stereocenters. The van der Waals surface area contributed by atoms with Crippen LogP contribution in [0.1, 0.15) is 49.2 Å². The minimum atomic E-state index is -0.608. The zero-order valence-electron chi connectivity index (χ0n) is 21.0. The highest BCUT2D eigenvalue weighted by atomic mass is 32.1. The van der Waals surface area contributed by atoms with Crippen molar-refractivity contribution in [3.8, 4) is 5.75 Å². The van der Waals surface area contributed by atoms with Gasteiger partial charge in [0.1, 0.15) is 12.4 Å². The van der Waals surface area contributed by atoms with Gasteiger partial charge in [-0.2, -0.15) is 0 Å². The van der Waals surface area contributed by atoms with Crippen LogP contribution >= 0.6 is 11.3 Å². The summed E-state index contributed by atoms with van der Waals surface area (Å²) in [5.74, 6) is 1.33. The molecule has 0 saturated heterocycles. The Hall–Kier alpha value is -1.93. The molecule has 188 valence electrons. The van der Waals surface area contributed by atoms with Crippen LogP contribution in [0.25, 0.3) is 0 Å². The van der Waals surface area contributed by atoms with Gasteiger partial charge in [0.25, 0.3) is 0 Å². The van der Waals surface area contributed by atoms with Crippen molar-refractivity contribution in [3.05, 3.63) is 51.7 Å². The first-order valence-electron chi connectivity index (χ1n) is 12.4. The average Bonchev–Trinajstić information content (AvgIpc) is 3.27. The number of rotatable bonds is 13. The van der Waals surface area contributed by atoms with Gasteiger partial charge in [0.05, 0.1) is 25.3 Å². The van der Waals surface area contributed by atoms with Gasteiger partial charge in [-0.25, -0.2) is 0 Å². The number of hydrogen-bond acceptors (Lipinski definition) is 6. The highest BCUT2D eigenvalue weighted by molar-refractivity contribution is 7.10. The Bertz CT molecular complexity index is 883. The van der Waals surface area contributed by atoms with E-state index in [1.54, 1.807) is 11.3 Å². The molecule has 3 rings (SSSR count). The molecule has 1 aromatic carbocycles. The molecule has 0 radical (unpaired) electrons. The van der Waals surface area contributed by atoms with E-state index in [2.05, 4.69) is 39.1 Å². The van der Waals surface area contributed by atoms with Crippen LogP contribution in [0.4, 0.5) is 0 Å². The monoisotopic (exact) mass is 488 g/mol. The number of aliphatic hydroxyl groups is 1. The number of carbonyl (C=O) groups excluding carboxylic acids is 1. The topological polar surface area (TPSA) is 62.2 Å². The number of benzene rings is 1. The Morgan fingerprint density at radius 3 is 2.71 bits per heavy atom. The first-order valence-corrected chi connectivity index (χ1v) is 13.3. The molecule has 0 aliphatic carbocycles. The summed E-state index contributed by atoms with van der Waals surface area (Å²) < 4.78 is 11.7. The number of carbonyl (C=O) groups is 1. The summed E-state index contributed by atoms with van der Waals surface area (Å²) in [6.45, 7) is 11.8. The zero-order valence-corrected chi connectivity index (χ0v) is 21.9. The predicted molar refractivity (Wildman–Crippen MR) is 138 cm³/mol. The molecule has 0 bridgehead atoms. The maximum absolute atomic E-state index is 13.5. The fourth-order valence-corrected chi connectivity index (χ4v) is 5.24. The van der Waals surface area contributed by atoms with E-state index in [1.165, 1.54) is 16.0 Å². The summed E-state index contributed by atoms with van der Waals surface area (Å²) in [4.78, 5) is 18.8. The van der Waals surface area contributed by atoms with Gasteiger partial charge in [-0.1, -0.05) is 38.5 Å². The van der Waals surface area contributed by atoms with Crippen LogP contribution in [0, 0.1) is 12.8 Å². The van der Waals surface area contributed by atoms with Crippen molar-refractivity contribution < 1.29 is 19.4 Å². The average molecular weight is 489 g/mol. The van der Waals surface area contributed by atoms with Gasteiger partial charge in [0.2, 0.25) is 5.91 Å². The number of thiophene rings is 1. The molecule has 0 spiro atoms. The zero-order chi connectivity index (χ0) is 24.5. The van der Waals surface area contributed by atoms with E-state index in [-0.39, 0.29) is 18.5 Å². The van der Waals surface area contributed by atoms with E-state index in [4.69, 9.17) is 9.47 Å². The normalized spacial score (nSPS) is 16.7. The van der Waals surface area contributed by atoms with Crippen molar-refractivity contribution in [2.45, 2.75) is 52.7 Å². The first kappa shape index (κ1) is 26.7. The van der Waals surface area contributed by atoms with Crippen molar-refractivity contribution in [1.82, 2.24) is 9.80 Å². The van der Waals surface area contributed by atoms with Gasteiger partial charge < -0.3 is 19.5 Å². The molecular weight excluding hydrogens is 448 g/mol. The van der Waals surface area contributed by atoms with Gasteiger partial charge in [0, 0.05) is 24.6 Å². The second-order valence-electron chi connectivity index (χ2n) is 9.60. The molecule has 1 amide bonds. The minimum Gasteiger partial charge on any atom is -0.491 e. The number of hydrogen-bond donors (Lipinski definition) is 1. The van der Waals surface area contributed by atoms with Crippen LogP contribution in [0.5, 0.6) is 5.75 Å². The largest absolute Gasteiger partial charge is 0.491 e. The number of nitrogens with zero attached hydrogens (tertiary/aromatic N) is 2. The van der Waals surface area contributed by atoms with Gasteiger partial charge in [0.15, 0.2) is 0 Å². The lowest BCUT2D eigenvalue weighted by molar-refractivity contribution is -0.136. The summed E-state index contributed by atoms with van der Waals surface area (Å²) in [6.07, 6.45) is 1.18. The van der Waals surface area contributed by atoms with Crippen LogP contribution in [-0.4, -0.2) is 72.9 Å². The highest BCUT2D eigenvalue weighted by Crippen LogP contribution is 2.34. The molecule has 2 heterocycles. The summed E-state index contributed by atoms with van der Waals surface area (Å²) >= 11 is 1.76. The molecule has 0 fully saturated rings. The Labute approximate surface area is 208 Å². The van der Waals surface area contributed by atoms with Crippen LogP contribution < -0.4 is 4.74 Å². The van der Waals surface area contributed by atoms with E-state index < -0.39 is 6.10 Å². The van der Waals surface area contributed by atoms with Crippen molar-refractivity contribution in [2.75, 3.05) is 46.0 Å². The molecule has 1 aromatic heterocycles. The number of ether oxygens (including phenoxy) is 2. The maximum Gasteiger partial charge on any atom is 0.237 e. The Kier molecular flexibility index (Phi) is 10.4. The van der Waals surface area contributed by atoms with Gasteiger partial charge in [-0.05, 0) is 61.4 Å². The van der Waals surface area contributed by atoms with Crippen LogP contribution in [0.15, 0.2) is 35.7 Å². The maximum atomic E-state index is 13.5. The fourth-order valence-electron chi connectivity index (χ4n) is 4.31. The van der Waals surface area contributed by atoms with E-state index >= 15 is 0 Å². The fraction of sp³-hybridized carbons (Fsp3) is 0.593. The number of fused-ring (bicyclic) bond motifs is 1. The predicted octanol–water partition coefficient (Wildman–Crippen LogP) is 4.31. The van der Waals surface area contributed by atoms with Crippen LogP contribution in [0.2, 0.25) is 0 Å². The Balaban J connectivity index is 1.64. The van der Waals surface area contributed by atoms with Gasteiger partial charge >= 0.3 is 0 Å². The molecule has 1 N–H and O–H groups in total. The highest BCUT2D eigenvalue weighted by Gasteiger charge is 2.33. The molecule has 0 unspecified atom stereocenters. The smallest absolute Gasteiger partial charge is 0.237 e. The Morgan fingerprint density at radius 1 is 1.24 bits per heavy atom. The molecule has 1 aliphatic rings. The second kappa shape index (κ2) is 13.2. The molecular formula is C27H40N2O4S. The molecule has 7 heteroatoms. The summed E-state index contributed by atoms with van der Waals surface area (Å²) in [5.41, 5.74) is 2.38. The van der Waals surface area contributed by atoms with E-state index in [1.807, 2.05) is 34.1 Å². The Morgan fingerprint density at radius 2 is 2.00 bits per heavy atom. The quantitative estimate of drug-likeness (QED) is 0.455. The number of aliphatic hydroxyl groups excluding tert-OH is 1. The number of amides is 1. The summed E-state index contributed by atoms with van der Waals surface area (Å²) in [6, 6.07) is 10.0. The minimum absolute atomic E-state index is 0.0816. The van der Waals surface area contributed by atoms with Gasteiger partial charge in [-0.3, -0.25) is 9.69 Å². The third-order valence-electron chi connectivity index (χ3n) is 5.97. The van der Waals surface area contributed by atoms with Crippen molar-refractivity contribution in [1.29, 1.82) is 0 Å². The van der Waals surface area contributed by atoms with E-state index in [0.29, 0.717) is 38.8 Å². The van der Waals surface area contributed by atoms with Crippen LogP contribution in [0.3, 0.4) is 0 Å². The number of aryl methyl sites for hydroxylation is 1. The third-order valence-corrected chi connectivity index (χ3v) is 6.97. The SMILES string of the molecule is CCCN(CC(=O)N1CCc2sccc2[C@H]1COc1ccc(C)cc1)C[C@H](O)COCC(C)C. The third kappa shape index (κ3) is 7.80. The summed E-state index contributed by atoms with van der Waals surface area (Å²) in [7, 11) is 0. The lowest BCUT2D eigenvalue weighted by atomic mass is 10.0. The van der Waals surface area contributed by atoms with E-state index in [0.717, 1.165) is 25.1 Å².